The second-order valence-electron chi connectivity index (χ2n) is 9.61. The second kappa shape index (κ2) is 21.2. The maximum absolute atomic E-state index is 12.8. The molecule has 14 nitrogen and oxygen atoms in total. The standard InChI is InChI=1S/C28H39N7O6S.O.Re/c29-20(7-4-12-32-27(40)21(30)13-18-8-10-19(36)11-9-18)26(39)33-15-24(37)34-22(14-17-5-2-1-3-6-17)28(41)35-23(16-42)25(31)38;;/h1-3,5-6,8-11,20-23,36,42H,4,7,12-16,29-30H2,(H2,31,38)(H,32,40)(H,33,39)(H,34,37)(H,35,41);;/q;-2;/p-3/t20?,21-,22-,23+;;/m0../s1. The molecule has 2 aromatic carbocycles. The van der Waals surface area contributed by atoms with Crippen LogP contribution in [0.4, 0.5) is 0 Å². The Hall–Kier alpha value is -3.52. The van der Waals surface area contributed by atoms with Crippen molar-refractivity contribution >= 4 is 42.2 Å². The molecule has 0 bridgehead atoms. The van der Waals surface area contributed by atoms with Crippen molar-refractivity contribution in [3.05, 3.63) is 65.7 Å². The zero-order valence-corrected chi connectivity index (χ0v) is 27.3. The molecule has 2 rings (SSSR count). The average Bonchev–Trinajstić information content (AvgIpc) is 2.97. The van der Waals surface area contributed by atoms with Crippen LogP contribution in [0.15, 0.2) is 54.6 Å². The van der Waals surface area contributed by atoms with Gasteiger partial charge in [-0.05, 0) is 36.3 Å². The monoisotopic (exact) mass is 801 g/mol. The number of amides is 4. The van der Waals surface area contributed by atoms with Crippen molar-refractivity contribution in [3.8, 4) is 5.75 Å². The largest absolute Gasteiger partial charge is 2.00 e. The molecule has 0 aliphatic carbocycles. The third kappa shape index (κ3) is 14.8. The van der Waals surface area contributed by atoms with E-state index in [4.69, 9.17) is 29.5 Å². The van der Waals surface area contributed by atoms with Crippen molar-refractivity contribution < 1.29 is 55.3 Å². The zero-order valence-electron chi connectivity index (χ0n) is 23.8. The quantitative estimate of drug-likeness (QED) is 0.0370. The molecule has 1 unspecified atom stereocenters. The summed E-state index contributed by atoms with van der Waals surface area (Å²) in [5.74, 6) is -3.69. The van der Waals surface area contributed by atoms with E-state index in [-0.39, 0.29) is 69.1 Å². The van der Waals surface area contributed by atoms with Crippen LogP contribution in [0.5, 0.6) is 5.75 Å². The van der Waals surface area contributed by atoms with Gasteiger partial charge in [0, 0.05) is 39.4 Å². The third-order valence-corrected chi connectivity index (χ3v) is 6.53. The Labute approximate surface area is 275 Å². The minimum atomic E-state index is -1.18. The third-order valence-electron chi connectivity index (χ3n) is 6.20. The van der Waals surface area contributed by atoms with Gasteiger partial charge in [-0.1, -0.05) is 54.6 Å². The molecule has 4 atom stereocenters. The fourth-order valence-electron chi connectivity index (χ4n) is 3.83. The first-order chi connectivity index (χ1) is 20.0. The number of rotatable bonds is 17. The molecule has 1 radical (unpaired) electrons. The zero-order chi connectivity index (χ0) is 31.1. The van der Waals surface area contributed by atoms with E-state index in [0.29, 0.717) is 6.42 Å². The van der Waals surface area contributed by atoms with Crippen LogP contribution in [0.3, 0.4) is 0 Å². The van der Waals surface area contributed by atoms with E-state index in [1.807, 2.05) is 0 Å². The van der Waals surface area contributed by atoms with E-state index in [0.717, 1.165) is 11.1 Å². The average molecular weight is 801 g/mol. The normalized spacial score (nSPS) is 13.0. The minimum absolute atomic E-state index is 0. The van der Waals surface area contributed by atoms with Crippen molar-refractivity contribution in [2.45, 2.75) is 49.9 Å². The molecule has 0 saturated heterocycles. The van der Waals surface area contributed by atoms with Crippen molar-refractivity contribution in [3.63, 3.8) is 0 Å². The summed E-state index contributed by atoms with van der Waals surface area (Å²) in [7, 11) is 0. The van der Waals surface area contributed by atoms with Gasteiger partial charge >= 0.3 is 0 Å². The molecule has 0 saturated carbocycles. The summed E-state index contributed by atoms with van der Waals surface area (Å²) in [6, 6.07) is 10.9. The molecule has 9 N–H and O–H groups in total. The number of carbonyl (C=O) groups excluding carboxylic acids is 4. The van der Waals surface area contributed by atoms with Crippen LogP contribution in [0.1, 0.15) is 24.0 Å². The molecule has 0 heterocycles. The van der Waals surface area contributed by atoms with Crippen LogP contribution in [-0.2, 0) is 70.5 Å². The van der Waals surface area contributed by atoms with Crippen molar-refractivity contribution in [1.29, 1.82) is 5.41 Å². The Morgan fingerprint density at radius 1 is 0.818 bits per heavy atom. The molecule has 0 aliphatic heterocycles. The summed E-state index contributed by atoms with van der Waals surface area (Å²) < 4.78 is 0. The summed E-state index contributed by atoms with van der Waals surface area (Å²) in [4.78, 5) is 49.9. The van der Waals surface area contributed by atoms with Gasteiger partial charge in [0.25, 0.3) is 0 Å². The Morgan fingerprint density at radius 3 is 2.00 bits per heavy atom. The molecule has 243 valence electrons. The molecule has 0 spiro atoms. The van der Waals surface area contributed by atoms with Gasteiger partial charge in [-0.2, -0.15) is 5.75 Å². The predicted octanol–water partition coefficient (Wildman–Crippen LogP) is -3.05. The first-order valence-electron chi connectivity index (χ1n) is 13.3. The van der Waals surface area contributed by atoms with Crippen LogP contribution < -0.4 is 42.9 Å². The van der Waals surface area contributed by atoms with E-state index in [2.05, 4.69) is 21.3 Å². The van der Waals surface area contributed by atoms with Gasteiger partial charge in [0.2, 0.25) is 23.6 Å². The van der Waals surface area contributed by atoms with Gasteiger partial charge in [-0.3, -0.25) is 19.2 Å². The molecule has 44 heavy (non-hydrogen) atoms. The van der Waals surface area contributed by atoms with Crippen LogP contribution in [0, 0.1) is 5.41 Å². The van der Waals surface area contributed by atoms with E-state index < -0.39 is 54.3 Å². The molecular formula is C28H36N7O7ReS-5. The molecule has 0 aliphatic rings. The number of benzene rings is 2. The van der Waals surface area contributed by atoms with Gasteiger partial charge < -0.3 is 66.5 Å². The summed E-state index contributed by atoms with van der Waals surface area (Å²) in [6.45, 7) is -0.220. The SMILES string of the molecule is N=C([O-])[C@@H](C[S-])NC(=O)[C@H](Cc1ccccc1)NC(=O)CNC(=O)C(N)CCCNC(=O)[C@@H](N)Cc1ccc([O-])cc1.[O-2].[Re]. The fraction of sp³-hybridized carbons (Fsp3) is 0.393. The smallest absolute Gasteiger partial charge is 0.243 e. The molecule has 0 aromatic heterocycles. The van der Waals surface area contributed by atoms with Crippen molar-refractivity contribution in [2.24, 2.45) is 11.5 Å². The molecule has 4 amide bonds. The van der Waals surface area contributed by atoms with Crippen molar-refractivity contribution in [1.82, 2.24) is 21.3 Å². The van der Waals surface area contributed by atoms with Gasteiger partial charge in [-0.15, -0.1) is 5.75 Å². The van der Waals surface area contributed by atoms with Crippen LogP contribution >= 0.6 is 0 Å². The molecule has 16 heteroatoms. The van der Waals surface area contributed by atoms with E-state index >= 15 is 0 Å². The van der Waals surface area contributed by atoms with Gasteiger partial charge in [0.15, 0.2) is 0 Å². The van der Waals surface area contributed by atoms with Gasteiger partial charge in [0.1, 0.15) is 6.04 Å². The molecule has 0 fully saturated rings. The second-order valence-corrected chi connectivity index (χ2v) is 9.95. The summed E-state index contributed by atoms with van der Waals surface area (Å²) in [5, 5.41) is 39.8. The van der Waals surface area contributed by atoms with Crippen LogP contribution in [0.2, 0.25) is 0 Å². The summed E-state index contributed by atoms with van der Waals surface area (Å²) in [6.07, 6.45) is 0.962. The molecule has 2 aromatic rings. The Morgan fingerprint density at radius 2 is 1.41 bits per heavy atom. The first kappa shape index (κ1) is 40.5. The van der Waals surface area contributed by atoms with E-state index in [9.17, 15) is 29.4 Å². The van der Waals surface area contributed by atoms with Crippen molar-refractivity contribution in [2.75, 3.05) is 18.8 Å². The molecular weight excluding hydrogens is 765 g/mol. The number of nitrogens with two attached hydrogens (primary N) is 2. The maximum Gasteiger partial charge on any atom is 0.243 e. The summed E-state index contributed by atoms with van der Waals surface area (Å²) >= 11 is 4.82. The summed E-state index contributed by atoms with van der Waals surface area (Å²) in [5.41, 5.74) is 13.3. The van der Waals surface area contributed by atoms with E-state index in [1.165, 1.54) is 12.1 Å². The van der Waals surface area contributed by atoms with Gasteiger partial charge in [0.05, 0.1) is 18.6 Å². The predicted molar refractivity (Wildman–Crippen MR) is 155 cm³/mol. The number of hydrogen-bond donors (Lipinski definition) is 7. The fourth-order valence-corrected chi connectivity index (χ4v) is 4.06. The number of nitrogens with one attached hydrogen (secondary N) is 5. The number of hydrogen-bond acceptors (Lipinski definition) is 10. The topological polar surface area (TPSA) is 267 Å². The minimum Gasteiger partial charge on any atom is -2.00 e. The Balaban J connectivity index is 0.00000924. The van der Waals surface area contributed by atoms with Gasteiger partial charge in [-0.25, -0.2) is 0 Å². The van der Waals surface area contributed by atoms with Crippen LogP contribution in [0.25, 0.3) is 0 Å². The van der Waals surface area contributed by atoms with E-state index in [1.54, 1.807) is 42.5 Å². The Bertz CT molecular complexity index is 1210. The maximum atomic E-state index is 12.8. The first-order valence-corrected chi connectivity index (χ1v) is 13.9. The number of carbonyl (C=O) groups is 4. The Kier molecular flexibility index (Phi) is 19.5. The van der Waals surface area contributed by atoms with Crippen LogP contribution in [-0.4, -0.2) is 72.5 Å².